The zero-order valence-electron chi connectivity index (χ0n) is 14.7. The molecule has 2 atom stereocenters. The van der Waals surface area contributed by atoms with Crippen molar-refractivity contribution in [2.24, 2.45) is 5.92 Å². The molecule has 0 saturated carbocycles. The molecule has 138 valence electrons. The molecule has 0 aliphatic heterocycles. The van der Waals surface area contributed by atoms with Crippen LogP contribution in [0.3, 0.4) is 0 Å². The van der Waals surface area contributed by atoms with Gasteiger partial charge in [-0.05, 0) is 64.5 Å². The number of halogens is 2. The van der Waals surface area contributed by atoms with Gasteiger partial charge in [0.1, 0.15) is 0 Å². The quantitative estimate of drug-likeness (QED) is 0.737. The van der Waals surface area contributed by atoms with Crippen molar-refractivity contribution in [2.45, 2.75) is 32.3 Å². The number of aliphatic hydroxyl groups is 1. The van der Waals surface area contributed by atoms with E-state index in [4.69, 9.17) is 11.6 Å². The fourth-order valence-corrected chi connectivity index (χ4v) is 4.07. The van der Waals surface area contributed by atoms with Crippen LogP contribution in [-0.4, -0.2) is 34.0 Å². The van der Waals surface area contributed by atoms with Gasteiger partial charge in [0.15, 0.2) is 0 Å². The van der Waals surface area contributed by atoms with Gasteiger partial charge >= 0.3 is 0 Å². The molecule has 1 heterocycles. The van der Waals surface area contributed by atoms with Crippen molar-refractivity contribution in [3.05, 3.63) is 62.8 Å². The molecule has 1 aliphatic carbocycles. The molecule has 0 saturated heterocycles. The van der Waals surface area contributed by atoms with Crippen molar-refractivity contribution >= 4 is 33.4 Å². The number of hydrogen-bond acceptors (Lipinski definition) is 3. The first-order valence-electron chi connectivity index (χ1n) is 8.83. The van der Waals surface area contributed by atoms with E-state index in [0.29, 0.717) is 24.4 Å². The van der Waals surface area contributed by atoms with Crippen LogP contribution in [0, 0.1) is 5.92 Å². The molecule has 2 aromatic rings. The molecule has 1 aliphatic rings. The molecule has 26 heavy (non-hydrogen) atoms. The summed E-state index contributed by atoms with van der Waals surface area (Å²) in [5.74, 6) is 0.00116. The first-order valence-corrected chi connectivity index (χ1v) is 10.00. The monoisotopic (exact) mass is 436 g/mol. The number of amides is 1. The largest absolute Gasteiger partial charge is 0.386 e. The van der Waals surface area contributed by atoms with Crippen LogP contribution in [0.2, 0.25) is 5.02 Å². The van der Waals surface area contributed by atoms with Gasteiger partial charge in [-0.15, -0.1) is 0 Å². The van der Waals surface area contributed by atoms with Crippen LogP contribution in [0.15, 0.2) is 41.1 Å². The first kappa shape index (κ1) is 19.3. The van der Waals surface area contributed by atoms with E-state index < -0.39 is 6.10 Å². The molecule has 1 aromatic carbocycles. The Morgan fingerprint density at radius 1 is 1.42 bits per heavy atom. The van der Waals surface area contributed by atoms with E-state index in [0.717, 1.165) is 22.0 Å². The molecular formula is C20H22BrClN2O2. The van der Waals surface area contributed by atoms with E-state index >= 15 is 0 Å². The van der Waals surface area contributed by atoms with Gasteiger partial charge in [0, 0.05) is 34.9 Å². The van der Waals surface area contributed by atoms with E-state index in [9.17, 15) is 9.90 Å². The number of benzene rings is 1. The Bertz CT molecular complexity index is 754. The predicted molar refractivity (Wildman–Crippen MR) is 106 cm³/mol. The van der Waals surface area contributed by atoms with Crippen molar-refractivity contribution in [1.82, 2.24) is 9.88 Å². The summed E-state index contributed by atoms with van der Waals surface area (Å²) in [5.41, 5.74) is 3.04. The normalized spacial score (nSPS) is 17.0. The lowest BCUT2D eigenvalue weighted by Crippen LogP contribution is -2.39. The van der Waals surface area contributed by atoms with Gasteiger partial charge in [0.25, 0.3) is 0 Å². The molecule has 1 amide bonds. The minimum absolute atomic E-state index is 0.0944. The highest BCUT2D eigenvalue weighted by molar-refractivity contribution is 9.10. The fourth-order valence-electron chi connectivity index (χ4n) is 3.49. The molecule has 2 unspecified atom stereocenters. The minimum atomic E-state index is -0.730. The van der Waals surface area contributed by atoms with E-state index in [-0.39, 0.29) is 18.4 Å². The Labute approximate surface area is 167 Å². The summed E-state index contributed by atoms with van der Waals surface area (Å²) in [5, 5.41) is 11.2. The maximum absolute atomic E-state index is 13.1. The van der Waals surface area contributed by atoms with Crippen molar-refractivity contribution in [2.75, 3.05) is 13.1 Å². The Morgan fingerprint density at radius 2 is 2.15 bits per heavy atom. The van der Waals surface area contributed by atoms with Crippen molar-refractivity contribution in [1.29, 1.82) is 0 Å². The molecule has 1 aromatic heterocycles. The number of nitrogens with zero attached hydrogens (tertiary/aromatic N) is 2. The SMILES string of the molecule is CCCN(CC(O)c1cccnc1)C(=O)C1Cc2cc(Cl)c(Br)cc2C1. The summed E-state index contributed by atoms with van der Waals surface area (Å²) in [4.78, 5) is 18.9. The topological polar surface area (TPSA) is 53.4 Å². The number of carbonyl (C=O) groups excluding carboxylic acids is 1. The summed E-state index contributed by atoms with van der Waals surface area (Å²) in [6.07, 6.45) is 4.85. The van der Waals surface area contributed by atoms with Crippen LogP contribution in [0.1, 0.15) is 36.1 Å². The van der Waals surface area contributed by atoms with Gasteiger partial charge in [0.05, 0.1) is 17.7 Å². The van der Waals surface area contributed by atoms with Gasteiger partial charge in [-0.1, -0.05) is 24.6 Å². The van der Waals surface area contributed by atoms with Crippen LogP contribution in [0.4, 0.5) is 0 Å². The highest BCUT2D eigenvalue weighted by Gasteiger charge is 2.32. The van der Waals surface area contributed by atoms with E-state index in [1.54, 1.807) is 23.4 Å². The second kappa shape index (κ2) is 8.51. The highest BCUT2D eigenvalue weighted by Crippen LogP contribution is 2.34. The van der Waals surface area contributed by atoms with Gasteiger partial charge in [-0.25, -0.2) is 0 Å². The average Bonchev–Trinajstić information content (AvgIpc) is 3.04. The fraction of sp³-hybridized carbons (Fsp3) is 0.400. The Balaban J connectivity index is 1.71. The lowest BCUT2D eigenvalue weighted by Gasteiger charge is -2.27. The van der Waals surface area contributed by atoms with Gasteiger partial charge in [-0.2, -0.15) is 0 Å². The summed E-state index contributed by atoms with van der Waals surface area (Å²) < 4.78 is 0.864. The molecule has 0 bridgehead atoms. The number of hydrogen-bond donors (Lipinski definition) is 1. The molecule has 3 rings (SSSR count). The third-order valence-corrected chi connectivity index (χ3v) is 5.99. The standard InChI is InChI=1S/C20H22BrClN2O2/c1-2-6-24(12-19(25)13-4-3-5-23-11-13)20(26)16-7-14-9-17(21)18(22)10-15(14)8-16/h3-5,9-11,16,19,25H,2,6-8,12H2,1H3. The maximum Gasteiger partial charge on any atom is 0.226 e. The summed E-state index contributed by atoms with van der Waals surface area (Å²) >= 11 is 9.64. The number of aromatic nitrogens is 1. The van der Waals surface area contributed by atoms with Crippen LogP contribution >= 0.6 is 27.5 Å². The van der Waals surface area contributed by atoms with Crippen LogP contribution in [0.25, 0.3) is 0 Å². The number of fused-ring (bicyclic) bond motifs is 1. The number of rotatable bonds is 6. The lowest BCUT2D eigenvalue weighted by molar-refractivity contribution is -0.136. The third-order valence-electron chi connectivity index (χ3n) is 4.79. The molecule has 0 fully saturated rings. The van der Waals surface area contributed by atoms with Gasteiger partial charge < -0.3 is 10.0 Å². The molecule has 0 spiro atoms. The molecule has 6 heteroatoms. The molecule has 4 nitrogen and oxygen atoms in total. The Morgan fingerprint density at radius 3 is 2.81 bits per heavy atom. The van der Waals surface area contributed by atoms with Crippen LogP contribution < -0.4 is 0 Å². The third kappa shape index (κ3) is 4.27. The van der Waals surface area contributed by atoms with Crippen LogP contribution in [-0.2, 0) is 17.6 Å². The van der Waals surface area contributed by atoms with Crippen molar-refractivity contribution in [3.63, 3.8) is 0 Å². The molecular weight excluding hydrogens is 416 g/mol. The molecule has 0 radical (unpaired) electrons. The van der Waals surface area contributed by atoms with Crippen LogP contribution in [0.5, 0.6) is 0 Å². The highest BCUT2D eigenvalue weighted by atomic mass is 79.9. The maximum atomic E-state index is 13.1. The summed E-state index contributed by atoms with van der Waals surface area (Å²) in [6, 6.07) is 7.58. The first-order chi connectivity index (χ1) is 12.5. The second-order valence-electron chi connectivity index (χ2n) is 6.73. The lowest BCUT2D eigenvalue weighted by atomic mass is 10.0. The zero-order valence-corrected chi connectivity index (χ0v) is 17.0. The molecule has 1 N–H and O–H groups in total. The van der Waals surface area contributed by atoms with E-state index in [1.807, 2.05) is 25.1 Å². The van der Waals surface area contributed by atoms with E-state index in [1.165, 1.54) is 5.56 Å². The minimum Gasteiger partial charge on any atom is -0.386 e. The van der Waals surface area contributed by atoms with Crippen molar-refractivity contribution < 1.29 is 9.90 Å². The predicted octanol–water partition coefficient (Wildman–Crippen LogP) is 4.18. The number of aliphatic hydroxyl groups excluding tert-OH is 1. The second-order valence-corrected chi connectivity index (χ2v) is 7.99. The smallest absolute Gasteiger partial charge is 0.226 e. The number of pyridine rings is 1. The zero-order chi connectivity index (χ0) is 18.7. The van der Waals surface area contributed by atoms with Gasteiger partial charge in [0.2, 0.25) is 5.91 Å². The number of carbonyl (C=O) groups is 1. The Kier molecular flexibility index (Phi) is 6.33. The summed E-state index contributed by atoms with van der Waals surface area (Å²) in [6.45, 7) is 2.96. The average molecular weight is 438 g/mol. The summed E-state index contributed by atoms with van der Waals surface area (Å²) in [7, 11) is 0. The van der Waals surface area contributed by atoms with Gasteiger partial charge in [-0.3, -0.25) is 9.78 Å². The van der Waals surface area contributed by atoms with E-state index in [2.05, 4.69) is 20.9 Å². The van der Waals surface area contributed by atoms with Crippen molar-refractivity contribution in [3.8, 4) is 0 Å². The Hall–Kier alpha value is -1.43.